The molecule has 0 aliphatic rings. The number of anilines is 1. The van der Waals surface area contributed by atoms with Crippen LogP contribution in [0.4, 0.5) is 9.39 Å². The van der Waals surface area contributed by atoms with Gasteiger partial charge < -0.3 is 5.73 Å². The quantitative estimate of drug-likeness (QED) is 0.664. The molecule has 12 heavy (non-hydrogen) atoms. The third kappa shape index (κ3) is 0.975. The molecule has 1 heterocycles. The molecule has 0 aliphatic heterocycles. The highest BCUT2D eigenvalue weighted by molar-refractivity contribution is 7.22. The first-order chi connectivity index (χ1) is 5.68. The minimum Gasteiger partial charge on any atom is -0.390 e. The van der Waals surface area contributed by atoms with Crippen molar-refractivity contribution in [1.82, 2.24) is 0 Å². The van der Waals surface area contributed by atoms with Gasteiger partial charge in [-0.3, -0.25) is 0 Å². The number of nitrogen functional groups attached to an aromatic ring is 1. The summed E-state index contributed by atoms with van der Waals surface area (Å²) >= 11 is 1.50. The lowest BCUT2D eigenvalue weighted by Gasteiger charge is -1.90. The zero-order chi connectivity index (χ0) is 8.72. The van der Waals surface area contributed by atoms with Crippen LogP contribution in [-0.4, -0.2) is 0 Å². The molecule has 1 aromatic carbocycles. The third-order valence-corrected chi connectivity index (χ3v) is 3.04. The van der Waals surface area contributed by atoms with Crippen LogP contribution in [0.5, 0.6) is 0 Å². The van der Waals surface area contributed by atoms with Crippen LogP contribution >= 0.6 is 11.3 Å². The van der Waals surface area contributed by atoms with E-state index in [1.54, 1.807) is 6.07 Å². The molecule has 2 N–H and O–H groups in total. The van der Waals surface area contributed by atoms with Gasteiger partial charge in [-0.2, -0.15) is 0 Å². The van der Waals surface area contributed by atoms with Gasteiger partial charge in [0.15, 0.2) is 0 Å². The van der Waals surface area contributed by atoms with Crippen molar-refractivity contribution in [1.29, 1.82) is 0 Å². The fraction of sp³-hybridized carbons (Fsp3) is 0.111. The van der Waals surface area contributed by atoms with Crippen molar-refractivity contribution < 1.29 is 4.39 Å². The van der Waals surface area contributed by atoms with Crippen molar-refractivity contribution in [2.75, 3.05) is 5.73 Å². The summed E-state index contributed by atoms with van der Waals surface area (Å²) in [5, 5.41) is 1.70. The van der Waals surface area contributed by atoms with E-state index in [1.807, 2.05) is 6.92 Å². The first-order valence-corrected chi connectivity index (χ1v) is 4.44. The van der Waals surface area contributed by atoms with Crippen molar-refractivity contribution in [3.63, 3.8) is 0 Å². The van der Waals surface area contributed by atoms with E-state index < -0.39 is 0 Å². The van der Waals surface area contributed by atoms with Crippen molar-refractivity contribution in [2.24, 2.45) is 0 Å². The van der Waals surface area contributed by atoms with Gasteiger partial charge in [0.05, 0.1) is 5.00 Å². The molecule has 0 bridgehead atoms. The van der Waals surface area contributed by atoms with Crippen molar-refractivity contribution >= 4 is 26.4 Å². The molecule has 0 fully saturated rings. The number of fused-ring (bicyclic) bond motifs is 1. The van der Waals surface area contributed by atoms with Gasteiger partial charge in [0.25, 0.3) is 0 Å². The van der Waals surface area contributed by atoms with Crippen LogP contribution in [0.25, 0.3) is 10.1 Å². The minimum atomic E-state index is -0.205. The van der Waals surface area contributed by atoms with Gasteiger partial charge in [0.2, 0.25) is 0 Å². The number of nitrogens with two attached hydrogens (primary N) is 1. The highest BCUT2D eigenvalue weighted by Gasteiger charge is 2.05. The Kier molecular flexibility index (Phi) is 1.54. The van der Waals surface area contributed by atoms with Crippen LogP contribution < -0.4 is 5.73 Å². The Hall–Kier alpha value is -1.09. The summed E-state index contributed by atoms with van der Waals surface area (Å²) in [5.74, 6) is -0.205. The maximum Gasteiger partial charge on any atom is 0.123 e. The van der Waals surface area contributed by atoms with Gasteiger partial charge in [0, 0.05) is 10.1 Å². The second-order valence-electron chi connectivity index (χ2n) is 2.73. The molecule has 0 unspecified atom stereocenters. The topological polar surface area (TPSA) is 26.0 Å². The monoisotopic (exact) mass is 181 g/mol. The Labute approximate surface area is 73.6 Å². The summed E-state index contributed by atoms with van der Waals surface area (Å²) in [7, 11) is 0. The van der Waals surface area contributed by atoms with E-state index in [4.69, 9.17) is 5.73 Å². The molecule has 0 saturated carbocycles. The SMILES string of the molecule is Cc1c(N)sc2ccc(F)cc12. The maximum atomic E-state index is 12.8. The first-order valence-electron chi connectivity index (χ1n) is 3.62. The highest BCUT2D eigenvalue weighted by Crippen LogP contribution is 2.32. The molecule has 2 rings (SSSR count). The molecule has 3 heteroatoms. The van der Waals surface area contributed by atoms with Gasteiger partial charge in [-0.05, 0) is 30.7 Å². The summed E-state index contributed by atoms with van der Waals surface area (Å²) in [6, 6.07) is 4.74. The molecule has 0 amide bonds. The molecular formula is C9H8FNS. The zero-order valence-corrected chi connectivity index (χ0v) is 7.41. The van der Waals surface area contributed by atoms with Gasteiger partial charge in [-0.15, -0.1) is 11.3 Å². The number of halogens is 1. The lowest BCUT2D eigenvalue weighted by atomic mass is 10.2. The number of aryl methyl sites for hydroxylation is 1. The van der Waals surface area contributed by atoms with E-state index in [-0.39, 0.29) is 5.82 Å². The fourth-order valence-electron chi connectivity index (χ4n) is 1.21. The molecule has 0 atom stereocenters. The Bertz CT molecular complexity index is 433. The number of hydrogen-bond acceptors (Lipinski definition) is 2. The second-order valence-corrected chi connectivity index (χ2v) is 3.82. The van der Waals surface area contributed by atoms with Gasteiger partial charge >= 0.3 is 0 Å². The summed E-state index contributed by atoms with van der Waals surface area (Å²) in [4.78, 5) is 0. The predicted molar refractivity (Wildman–Crippen MR) is 50.9 cm³/mol. The average Bonchev–Trinajstić information content (AvgIpc) is 2.31. The Morgan fingerprint density at radius 3 is 2.92 bits per heavy atom. The lowest BCUT2D eigenvalue weighted by molar-refractivity contribution is 0.630. The molecule has 0 saturated heterocycles. The molecule has 0 radical (unpaired) electrons. The zero-order valence-electron chi connectivity index (χ0n) is 6.60. The minimum absolute atomic E-state index is 0.205. The molecule has 62 valence electrons. The second kappa shape index (κ2) is 2.45. The smallest absolute Gasteiger partial charge is 0.123 e. The molecular weight excluding hydrogens is 173 g/mol. The molecule has 0 aliphatic carbocycles. The van der Waals surface area contributed by atoms with E-state index in [1.165, 1.54) is 23.5 Å². The average molecular weight is 181 g/mol. The van der Waals surface area contributed by atoms with E-state index in [9.17, 15) is 4.39 Å². The van der Waals surface area contributed by atoms with E-state index in [0.29, 0.717) is 0 Å². The fourth-order valence-corrected chi connectivity index (χ4v) is 2.17. The number of benzene rings is 1. The van der Waals surface area contributed by atoms with Gasteiger partial charge in [-0.1, -0.05) is 0 Å². The maximum absolute atomic E-state index is 12.8. The van der Waals surface area contributed by atoms with Crippen LogP contribution in [0.2, 0.25) is 0 Å². The number of hydrogen-bond donors (Lipinski definition) is 1. The normalized spacial score (nSPS) is 10.8. The van der Waals surface area contributed by atoms with Crippen molar-refractivity contribution in [3.05, 3.63) is 29.6 Å². The lowest BCUT2D eigenvalue weighted by Crippen LogP contribution is -1.80. The van der Waals surface area contributed by atoms with Crippen molar-refractivity contribution in [3.8, 4) is 0 Å². The largest absolute Gasteiger partial charge is 0.390 e. The number of rotatable bonds is 0. The third-order valence-electron chi connectivity index (χ3n) is 1.94. The van der Waals surface area contributed by atoms with Crippen molar-refractivity contribution in [2.45, 2.75) is 6.92 Å². The van der Waals surface area contributed by atoms with E-state index in [0.717, 1.165) is 20.7 Å². The van der Waals surface area contributed by atoms with Crippen LogP contribution in [0.1, 0.15) is 5.56 Å². The van der Waals surface area contributed by atoms with Gasteiger partial charge in [-0.25, -0.2) is 4.39 Å². The van der Waals surface area contributed by atoms with Crippen LogP contribution in [0, 0.1) is 12.7 Å². The van der Waals surface area contributed by atoms with Crippen LogP contribution in [0.15, 0.2) is 18.2 Å². The van der Waals surface area contributed by atoms with Gasteiger partial charge in [0.1, 0.15) is 5.82 Å². The summed E-state index contributed by atoms with van der Waals surface area (Å²) in [6.07, 6.45) is 0. The van der Waals surface area contributed by atoms with E-state index in [2.05, 4.69) is 0 Å². The summed E-state index contributed by atoms with van der Waals surface area (Å²) < 4.78 is 13.8. The molecule has 1 aromatic heterocycles. The molecule has 1 nitrogen and oxygen atoms in total. The standard InChI is InChI=1S/C9H8FNS/c1-5-7-4-6(10)2-3-8(7)12-9(5)11/h2-4H,11H2,1H3. The molecule has 2 aromatic rings. The first kappa shape index (κ1) is 7.55. The highest BCUT2D eigenvalue weighted by atomic mass is 32.1. The van der Waals surface area contributed by atoms with Crippen LogP contribution in [0.3, 0.4) is 0 Å². The Morgan fingerprint density at radius 2 is 2.17 bits per heavy atom. The summed E-state index contributed by atoms with van der Waals surface area (Å²) in [5.41, 5.74) is 6.68. The Morgan fingerprint density at radius 1 is 1.42 bits per heavy atom. The number of thiophene rings is 1. The summed E-state index contributed by atoms with van der Waals surface area (Å²) in [6.45, 7) is 1.91. The molecule has 0 spiro atoms. The van der Waals surface area contributed by atoms with Crippen LogP contribution in [-0.2, 0) is 0 Å². The predicted octanol–water partition coefficient (Wildman–Crippen LogP) is 2.93. The van der Waals surface area contributed by atoms with E-state index >= 15 is 0 Å². The Balaban J connectivity index is 2.88.